The Bertz CT molecular complexity index is 658. The number of amides is 1. The predicted molar refractivity (Wildman–Crippen MR) is 90.5 cm³/mol. The van der Waals surface area contributed by atoms with Crippen LogP contribution >= 0.6 is 11.6 Å². The van der Waals surface area contributed by atoms with E-state index in [0.29, 0.717) is 12.1 Å². The number of rotatable bonds is 7. The summed E-state index contributed by atoms with van der Waals surface area (Å²) in [6, 6.07) is 4.13. The number of halogens is 1. The van der Waals surface area contributed by atoms with Gasteiger partial charge in [0.15, 0.2) is 6.10 Å². The number of nitrogens with one attached hydrogen (secondary N) is 1. The molecule has 0 heterocycles. The molecule has 24 heavy (non-hydrogen) atoms. The van der Waals surface area contributed by atoms with Crippen molar-refractivity contribution in [1.82, 2.24) is 5.32 Å². The van der Waals surface area contributed by atoms with Crippen LogP contribution in [0.5, 0.6) is 0 Å². The van der Waals surface area contributed by atoms with E-state index in [1.165, 1.54) is 31.2 Å². The fraction of sp³-hybridized carbons (Fsp3) is 0.375. The average Bonchev–Trinajstić information content (AvgIpc) is 2.51. The Balaban J connectivity index is 2.64. The summed E-state index contributed by atoms with van der Waals surface area (Å²) in [4.78, 5) is 33.6. The molecule has 1 aromatic rings. The van der Waals surface area contributed by atoms with E-state index in [0.717, 1.165) is 6.08 Å². The first-order chi connectivity index (χ1) is 11.2. The summed E-state index contributed by atoms with van der Waals surface area (Å²) < 4.78 is 4.97. The average molecular weight is 355 g/mol. The van der Waals surface area contributed by atoms with Crippen molar-refractivity contribution in [3.63, 3.8) is 0 Å². The second-order valence-corrected chi connectivity index (χ2v) is 5.93. The summed E-state index contributed by atoms with van der Waals surface area (Å²) >= 11 is 5.71. The highest BCUT2D eigenvalue weighted by molar-refractivity contribution is 6.32. The molecule has 0 aliphatic heterocycles. The van der Waals surface area contributed by atoms with Gasteiger partial charge in [-0.25, -0.2) is 4.79 Å². The molecule has 1 unspecified atom stereocenters. The van der Waals surface area contributed by atoms with E-state index >= 15 is 0 Å². The Hall–Kier alpha value is -2.41. The van der Waals surface area contributed by atoms with Crippen LogP contribution in [-0.4, -0.2) is 29.4 Å². The molecule has 0 saturated heterocycles. The highest BCUT2D eigenvalue weighted by Gasteiger charge is 2.16. The highest BCUT2D eigenvalue weighted by Crippen LogP contribution is 2.25. The number of carbonyl (C=O) groups is 2. The Kier molecular flexibility index (Phi) is 7.38. The molecule has 8 heteroatoms. The topological polar surface area (TPSA) is 98.5 Å². The van der Waals surface area contributed by atoms with Crippen LogP contribution in [0.3, 0.4) is 0 Å². The standard InChI is InChI=1S/C16H19ClN2O5/c1-10(2)9-18-16(21)11(3)24-15(20)7-5-12-4-6-13(17)14(8-12)19(22)23/h4-8,10-11H,9H2,1-3H3,(H,18,21)/b7-5+. The second-order valence-electron chi connectivity index (χ2n) is 5.52. The Labute approximate surface area is 144 Å². The fourth-order valence-corrected chi connectivity index (χ4v) is 1.84. The van der Waals surface area contributed by atoms with Gasteiger partial charge in [0.1, 0.15) is 5.02 Å². The van der Waals surface area contributed by atoms with Crippen LogP contribution in [0.4, 0.5) is 5.69 Å². The normalized spacial score (nSPS) is 12.2. The summed E-state index contributed by atoms with van der Waals surface area (Å²) in [6.07, 6.45) is 1.52. The molecule has 130 valence electrons. The van der Waals surface area contributed by atoms with Crippen LogP contribution in [0.2, 0.25) is 5.02 Å². The van der Waals surface area contributed by atoms with E-state index in [2.05, 4.69) is 5.32 Å². The molecular formula is C16H19ClN2O5. The minimum Gasteiger partial charge on any atom is -0.449 e. The summed E-state index contributed by atoms with van der Waals surface area (Å²) in [5.74, 6) is -0.815. The number of benzene rings is 1. The van der Waals surface area contributed by atoms with Crippen LogP contribution < -0.4 is 5.32 Å². The highest BCUT2D eigenvalue weighted by atomic mass is 35.5. The number of nitro groups is 1. The number of ether oxygens (including phenoxy) is 1. The minimum atomic E-state index is -0.930. The van der Waals surface area contributed by atoms with Crippen molar-refractivity contribution in [3.8, 4) is 0 Å². The summed E-state index contributed by atoms with van der Waals surface area (Å²) in [6.45, 7) is 5.86. The van der Waals surface area contributed by atoms with Crippen LogP contribution in [0.25, 0.3) is 6.08 Å². The zero-order chi connectivity index (χ0) is 18.3. The summed E-state index contributed by atoms with van der Waals surface area (Å²) in [5, 5.41) is 13.5. The lowest BCUT2D eigenvalue weighted by Crippen LogP contribution is -2.37. The van der Waals surface area contributed by atoms with Gasteiger partial charge in [-0.1, -0.05) is 31.5 Å². The molecular weight excluding hydrogens is 336 g/mol. The molecule has 1 atom stereocenters. The van der Waals surface area contributed by atoms with Crippen molar-refractivity contribution in [2.24, 2.45) is 5.92 Å². The van der Waals surface area contributed by atoms with E-state index < -0.39 is 17.0 Å². The molecule has 0 aliphatic carbocycles. The Morgan fingerprint density at radius 1 is 1.38 bits per heavy atom. The van der Waals surface area contributed by atoms with Gasteiger partial charge in [-0.05, 0) is 30.5 Å². The molecule has 0 saturated carbocycles. The molecule has 7 nitrogen and oxygen atoms in total. The molecule has 0 fully saturated rings. The summed E-state index contributed by atoms with van der Waals surface area (Å²) in [5.41, 5.74) is 0.161. The molecule has 1 amide bonds. The molecule has 1 aromatic carbocycles. The minimum absolute atomic E-state index is 0.00942. The maximum absolute atomic E-state index is 11.7. The van der Waals surface area contributed by atoms with Crippen LogP contribution in [0.1, 0.15) is 26.3 Å². The fourth-order valence-electron chi connectivity index (χ4n) is 1.65. The lowest BCUT2D eigenvalue weighted by molar-refractivity contribution is -0.384. The molecule has 0 bridgehead atoms. The van der Waals surface area contributed by atoms with E-state index in [4.69, 9.17) is 16.3 Å². The van der Waals surface area contributed by atoms with Gasteiger partial charge in [0.05, 0.1) is 4.92 Å². The van der Waals surface area contributed by atoms with E-state index in [9.17, 15) is 19.7 Å². The van der Waals surface area contributed by atoms with E-state index in [1.807, 2.05) is 13.8 Å². The van der Waals surface area contributed by atoms with Crippen LogP contribution in [0, 0.1) is 16.0 Å². The first-order valence-corrected chi connectivity index (χ1v) is 7.69. The first kappa shape index (κ1) is 19.6. The van der Waals surface area contributed by atoms with Gasteiger partial charge in [0, 0.05) is 18.7 Å². The number of nitro benzene ring substituents is 1. The lowest BCUT2D eigenvalue weighted by atomic mass is 10.2. The third-order valence-electron chi connectivity index (χ3n) is 2.93. The first-order valence-electron chi connectivity index (χ1n) is 7.31. The van der Waals surface area contributed by atoms with E-state index in [-0.39, 0.29) is 22.5 Å². The predicted octanol–water partition coefficient (Wildman–Crippen LogP) is 2.97. The number of nitrogens with zero attached hydrogens (tertiary/aromatic N) is 1. The lowest BCUT2D eigenvalue weighted by Gasteiger charge is -2.13. The van der Waals surface area contributed by atoms with Gasteiger partial charge in [0.2, 0.25) is 0 Å². The quantitative estimate of drug-likeness (QED) is 0.351. The third-order valence-corrected chi connectivity index (χ3v) is 3.25. The van der Waals surface area contributed by atoms with Gasteiger partial charge in [-0.2, -0.15) is 0 Å². The van der Waals surface area contributed by atoms with Crippen LogP contribution in [0.15, 0.2) is 24.3 Å². The van der Waals surface area contributed by atoms with Gasteiger partial charge in [-0.3, -0.25) is 14.9 Å². The van der Waals surface area contributed by atoms with Gasteiger partial charge in [-0.15, -0.1) is 0 Å². The summed E-state index contributed by atoms with van der Waals surface area (Å²) in [7, 11) is 0. The van der Waals surface area contributed by atoms with Gasteiger partial charge in [0.25, 0.3) is 11.6 Å². The molecule has 0 aliphatic rings. The smallest absolute Gasteiger partial charge is 0.331 e. The van der Waals surface area contributed by atoms with Gasteiger partial charge >= 0.3 is 5.97 Å². The number of carbonyl (C=O) groups excluding carboxylic acids is 2. The molecule has 1 N–H and O–H groups in total. The Morgan fingerprint density at radius 3 is 2.62 bits per heavy atom. The van der Waals surface area contributed by atoms with Crippen molar-refractivity contribution in [2.75, 3.05) is 6.54 Å². The molecule has 0 aromatic heterocycles. The SMILES string of the molecule is CC(C)CNC(=O)C(C)OC(=O)/C=C/c1ccc(Cl)c([N+](=O)[O-])c1. The van der Waals surface area contributed by atoms with Crippen molar-refractivity contribution in [1.29, 1.82) is 0 Å². The maximum Gasteiger partial charge on any atom is 0.331 e. The number of hydrogen-bond donors (Lipinski definition) is 1. The molecule has 1 rings (SSSR count). The number of hydrogen-bond acceptors (Lipinski definition) is 5. The van der Waals surface area contributed by atoms with Crippen LogP contribution in [-0.2, 0) is 14.3 Å². The zero-order valence-electron chi connectivity index (χ0n) is 13.6. The Morgan fingerprint density at radius 2 is 2.04 bits per heavy atom. The second kappa shape index (κ2) is 9.02. The maximum atomic E-state index is 11.7. The number of esters is 1. The van der Waals surface area contributed by atoms with Crippen molar-refractivity contribution >= 4 is 35.2 Å². The molecule has 0 radical (unpaired) electrons. The van der Waals surface area contributed by atoms with Gasteiger partial charge < -0.3 is 10.1 Å². The zero-order valence-corrected chi connectivity index (χ0v) is 14.4. The van der Waals surface area contributed by atoms with Crippen molar-refractivity contribution in [3.05, 3.63) is 45.0 Å². The van der Waals surface area contributed by atoms with E-state index in [1.54, 1.807) is 0 Å². The monoisotopic (exact) mass is 354 g/mol. The third kappa shape index (κ3) is 6.37. The molecule has 0 spiro atoms. The van der Waals surface area contributed by atoms with Crippen molar-refractivity contribution in [2.45, 2.75) is 26.9 Å². The largest absolute Gasteiger partial charge is 0.449 e. The van der Waals surface area contributed by atoms with Crippen molar-refractivity contribution < 1.29 is 19.2 Å².